The normalized spacial score (nSPS) is 10.4. The van der Waals surface area contributed by atoms with Gasteiger partial charge in [0.05, 0.1) is 4.92 Å². The largest absolute Gasteiger partial charge is 0.367 e. The average Bonchev–Trinajstić information content (AvgIpc) is 2.28. The molecule has 0 aliphatic rings. The van der Waals surface area contributed by atoms with Gasteiger partial charge in [0.15, 0.2) is 0 Å². The molecule has 0 bridgehead atoms. The van der Waals surface area contributed by atoms with Crippen molar-refractivity contribution >= 4 is 17.3 Å². The molecule has 0 amide bonds. The highest BCUT2D eigenvalue weighted by atomic mass is 16.6. The molecule has 1 N–H and O–H groups in total. The standard InChI is InChI=1S/C10H17N5O2/c1-5-14(7(2)3)10-8(15(16)17)9(11-4)12-6-13-10/h6-7H,5H2,1-4H3,(H,11,12,13). The molecule has 0 spiro atoms. The van der Waals surface area contributed by atoms with E-state index >= 15 is 0 Å². The van der Waals surface area contributed by atoms with Crippen LogP contribution in [0.5, 0.6) is 0 Å². The van der Waals surface area contributed by atoms with Crippen LogP contribution in [0.15, 0.2) is 6.33 Å². The maximum Gasteiger partial charge on any atom is 0.353 e. The minimum Gasteiger partial charge on any atom is -0.367 e. The zero-order valence-electron chi connectivity index (χ0n) is 10.5. The minimum atomic E-state index is -0.452. The predicted octanol–water partition coefficient (Wildman–Crippen LogP) is 1.66. The summed E-state index contributed by atoms with van der Waals surface area (Å²) < 4.78 is 0. The first-order valence-electron chi connectivity index (χ1n) is 5.46. The van der Waals surface area contributed by atoms with Gasteiger partial charge in [0.1, 0.15) is 6.33 Å². The number of aromatic nitrogens is 2. The maximum atomic E-state index is 11.1. The van der Waals surface area contributed by atoms with Crippen molar-refractivity contribution in [2.45, 2.75) is 26.8 Å². The van der Waals surface area contributed by atoms with Crippen molar-refractivity contribution in [3.63, 3.8) is 0 Å². The van der Waals surface area contributed by atoms with Gasteiger partial charge in [-0.1, -0.05) is 0 Å². The molecule has 1 aromatic rings. The second kappa shape index (κ2) is 5.42. The summed E-state index contributed by atoms with van der Waals surface area (Å²) in [6.45, 7) is 6.52. The molecule has 0 saturated carbocycles. The van der Waals surface area contributed by atoms with E-state index in [0.29, 0.717) is 12.4 Å². The van der Waals surface area contributed by atoms with Gasteiger partial charge in [-0.3, -0.25) is 10.1 Å². The Morgan fingerprint density at radius 1 is 1.53 bits per heavy atom. The molecule has 94 valence electrons. The van der Waals surface area contributed by atoms with Gasteiger partial charge in [-0.25, -0.2) is 9.97 Å². The fourth-order valence-electron chi connectivity index (χ4n) is 1.69. The Kier molecular flexibility index (Phi) is 4.19. The van der Waals surface area contributed by atoms with E-state index in [-0.39, 0.29) is 17.5 Å². The number of hydrogen-bond donors (Lipinski definition) is 1. The van der Waals surface area contributed by atoms with Crippen LogP contribution in [-0.4, -0.2) is 34.5 Å². The number of hydrogen-bond acceptors (Lipinski definition) is 6. The summed E-state index contributed by atoms with van der Waals surface area (Å²) in [6, 6.07) is 0.137. The first-order chi connectivity index (χ1) is 8.02. The third-order valence-corrected chi connectivity index (χ3v) is 2.46. The zero-order chi connectivity index (χ0) is 13.0. The number of nitro groups is 1. The Bertz CT molecular complexity index is 408. The highest BCUT2D eigenvalue weighted by Crippen LogP contribution is 2.32. The first-order valence-corrected chi connectivity index (χ1v) is 5.46. The Balaban J connectivity index is 3.36. The Morgan fingerprint density at radius 3 is 2.59 bits per heavy atom. The van der Waals surface area contributed by atoms with Crippen LogP contribution in [0.1, 0.15) is 20.8 Å². The van der Waals surface area contributed by atoms with E-state index in [9.17, 15) is 10.1 Å². The molecule has 0 saturated heterocycles. The Morgan fingerprint density at radius 2 is 2.18 bits per heavy atom. The lowest BCUT2D eigenvalue weighted by atomic mass is 10.3. The third kappa shape index (κ3) is 2.61. The van der Waals surface area contributed by atoms with Crippen molar-refractivity contribution in [3.8, 4) is 0 Å². The summed E-state index contributed by atoms with van der Waals surface area (Å²) in [5.74, 6) is 0.589. The second-order valence-electron chi connectivity index (χ2n) is 3.78. The SMILES string of the molecule is CCN(c1ncnc(NC)c1[N+](=O)[O-])C(C)C. The predicted molar refractivity (Wildman–Crippen MR) is 66.4 cm³/mol. The molecule has 0 aliphatic heterocycles. The zero-order valence-corrected chi connectivity index (χ0v) is 10.5. The van der Waals surface area contributed by atoms with Crippen LogP contribution in [0.2, 0.25) is 0 Å². The van der Waals surface area contributed by atoms with Crippen LogP contribution in [0.4, 0.5) is 17.3 Å². The molecule has 0 radical (unpaired) electrons. The summed E-state index contributed by atoms with van der Waals surface area (Å²) in [5, 5.41) is 13.8. The van der Waals surface area contributed by atoms with Crippen molar-refractivity contribution in [1.82, 2.24) is 9.97 Å². The smallest absolute Gasteiger partial charge is 0.353 e. The first kappa shape index (κ1) is 13.1. The van der Waals surface area contributed by atoms with Crippen molar-refractivity contribution < 1.29 is 4.92 Å². The molecule has 0 aliphatic carbocycles. The fourth-order valence-corrected chi connectivity index (χ4v) is 1.69. The lowest BCUT2D eigenvalue weighted by Crippen LogP contribution is -2.32. The van der Waals surface area contributed by atoms with E-state index < -0.39 is 4.92 Å². The number of nitrogens with one attached hydrogen (secondary N) is 1. The van der Waals surface area contributed by atoms with Crippen molar-refractivity contribution in [2.75, 3.05) is 23.8 Å². The van der Waals surface area contributed by atoms with Crippen LogP contribution in [0, 0.1) is 10.1 Å². The average molecular weight is 239 g/mol. The Labute approximate surface area is 100 Å². The molecule has 0 aromatic carbocycles. The summed E-state index contributed by atoms with van der Waals surface area (Å²) in [4.78, 5) is 20.4. The maximum absolute atomic E-state index is 11.1. The Hall–Kier alpha value is -1.92. The molecular weight excluding hydrogens is 222 g/mol. The van der Waals surface area contributed by atoms with Crippen molar-refractivity contribution in [2.24, 2.45) is 0 Å². The van der Waals surface area contributed by atoms with Gasteiger partial charge >= 0.3 is 5.69 Å². The van der Waals surface area contributed by atoms with Gasteiger partial charge in [0.25, 0.3) is 0 Å². The number of anilines is 2. The van der Waals surface area contributed by atoms with Gasteiger partial charge in [-0.2, -0.15) is 0 Å². The molecular formula is C10H17N5O2. The summed E-state index contributed by atoms with van der Waals surface area (Å²) in [5.41, 5.74) is -0.0782. The van der Waals surface area contributed by atoms with Gasteiger partial charge < -0.3 is 10.2 Å². The molecule has 7 heteroatoms. The minimum absolute atomic E-state index is 0.0782. The van der Waals surface area contributed by atoms with Crippen LogP contribution in [0.25, 0.3) is 0 Å². The van der Waals surface area contributed by atoms with Gasteiger partial charge in [-0.05, 0) is 20.8 Å². The van der Waals surface area contributed by atoms with Gasteiger partial charge in [0.2, 0.25) is 11.6 Å². The van der Waals surface area contributed by atoms with Crippen molar-refractivity contribution in [3.05, 3.63) is 16.4 Å². The third-order valence-electron chi connectivity index (χ3n) is 2.46. The highest BCUT2D eigenvalue weighted by molar-refractivity contribution is 5.70. The number of nitrogens with zero attached hydrogens (tertiary/aromatic N) is 4. The topological polar surface area (TPSA) is 84.2 Å². The molecule has 1 aromatic heterocycles. The summed E-state index contributed by atoms with van der Waals surface area (Å²) in [6.07, 6.45) is 1.33. The van der Waals surface area contributed by atoms with Gasteiger partial charge in [-0.15, -0.1) is 0 Å². The lowest BCUT2D eigenvalue weighted by Gasteiger charge is -2.25. The quantitative estimate of drug-likeness (QED) is 0.621. The van der Waals surface area contributed by atoms with Crippen LogP contribution < -0.4 is 10.2 Å². The van der Waals surface area contributed by atoms with Crippen molar-refractivity contribution in [1.29, 1.82) is 0 Å². The highest BCUT2D eigenvalue weighted by Gasteiger charge is 2.26. The molecule has 17 heavy (non-hydrogen) atoms. The van der Waals surface area contributed by atoms with E-state index in [1.165, 1.54) is 6.33 Å². The van der Waals surface area contributed by atoms with E-state index in [2.05, 4.69) is 15.3 Å². The summed E-state index contributed by atoms with van der Waals surface area (Å²) >= 11 is 0. The van der Waals surface area contributed by atoms with Crippen LogP contribution >= 0.6 is 0 Å². The molecule has 1 heterocycles. The molecule has 0 atom stereocenters. The molecule has 0 unspecified atom stereocenters. The monoisotopic (exact) mass is 239 g/mol. The van der Waals surface area contributed by atoms with E-state index in [4.69, 9.17) is 0 Å². The number of rotatable bonds is 5. The molecule has 0 fully saturated rings. The molecule has 7 nitrogen and oxygen atoms in total. The van der Waals surface area contributed by atoms with E-state index in [0.717, 1.165) is 0 Å². The fraction of sp³-hybridized carbons (Fsp3) is 0.600. The lowest BCUT2D eigenvalue weighted by molar-refractivity contribution is -0.383. The van der Waals surface area contributed by atoms with Gasteiger partial charge in [0, 0.05) is 19.6 Å². The van der Waals surface area contributed by atoms with E-state index in [1.54, 1.807) is 7.05 Å². The van der Waals surface area contributed by atoms with Crippen LogP contribution in [-0.2, 0) is 0 Å². The second-order valence-corrected chi connectivity index (χ2v) is 3.78. The van der Waals surface area contributed by atoms with E-state index in [1.807, 2.05) is 25.7 Å². The molecule has 1 rings (SSSR count). The van der Waals surface area contributed by atoms with Crippen LogP contribution in [0.3, 0.4) is 0 Å². The summed E-state index contributed by atoms with van der Waals surface area (Å²) in [7, 11) is 1.60.